The minimum Gasteiger partial charge on any atom is -0.496 e. The maximum atomic E-state index is 7.60. The molecule has 14 heteroatoms. The Morgan fingerprint density at radius 1 is 0.323 bits per heavy atom. The number of rotatable bonds is 15. The second-order valence-corrected chi connectivity index (χ2v) is 14.4. The van der Waals surface area contributed by atoms with Crippen LogP contribution in [-0.4, -0.2) is 70.9 Å². The lowest BCUT2D eigenvalue weighted by atomic mass is 9.49. The first kappa shape index (κ1) is 42.4. The number of benzene rings is 6. The van der Waals surface area contributed by atoms with Gasteiger partial charge in [-0.15, -0.1) is 0 Å². The first-order chi connectivity index (χ1) is 30.4. The maximum absolute atomic E-state index is 7.60. The molecule has 12 nitrogen and oxygen atoms in total. The van der Waals surface area contributed by atoms with Gasteiger partial charge in [-0.3, -0.25) is 0 Å². The Kier molecular flexibility index (Phi) is 12.3. The van der Waals surface area contributed by atoms with Gasteiger partial charge in [0.25, 0.3) is 0 Å². The number of ether oxygens (including phenoxy) is 8. The van der Waals surface area contributed by atoms with Crippen LogP contribution in [0, 0.1) is 0 Å². The van der Waals surface area contributed by atoms with E-state index < -0.39 is 37.4 Å². The summed E-state index contributed by atoms with van der Waals surface area (Å²) in [4.78, 5) is 0. The summed E-state index contributed by atoms with van der Waals surface area (Å²) in [6.07, 6.45) is -1.86. The Morgan fingerprint density at radius 2 is 0.548 bits per heavy atom. The van der Waals surface area contributed by atoms with Crippen LogP contribution < -0.4 is 37.9 Å². The molecular formula is C48H48B2O12. The summed E-state index contributed by atoms with van der Waals surface area (Å²) < 4.78 is 79.0. The Morgan fingerprint density at radius 3 is 0.758 bits per heavy atom. The van der Waals surface area contributed by atoms with Crippen molar-refractivity contribution in [1.29, 1.82) is 0 Å². The van der Waals surface area contributed by atoms with Gasteiger partial charge in [0.2, 0.25) is 0 Å². The first-order valence-electron chi connectivity index (χ1n) is 20.0. The molecule has 2 heterocycles. The SMILES string of the molecule is COc1cccc(OC)c1C1(c2c(OC)cccc2OC)OB(B2O[C@@H](c3ccccc3)C(c3c(OC)cccc3OC)(c3c(OC)cccc3OC)O2)O[C@H]1c1ccccc1. The third-order valence-electron chi connectivity index (χ3n) is 11.5. The van der Waals surface area contributed by atoms with Crippen LogP contribution in [0.25, 0.3) is 0 Å². The summed E-state index contributed by atoms with van der Waals surface area (Å²) in [6.45, 7) is 0. The van der Waals surface area contributed by atoms with E-state index >= 15 is 0 Å². The lowest BCUT2D eigenvalue weighted by Gasteiger charge is -2.39. The Balaban J connectivity index is 1.45. The lowest BCUT2D eigenvalue weighted by molar-refractivity contribution is 0.0611. The fourth-order valence-corrected chi connectivity index (χ4v) is 9.01. The molecule has 2 aliphatic rings. The van der Waals surface area contributed by atoms with Crippen molar-refractivity contribution in [3.63, 3.8) is 0 Å². The van der Waals surface area contributed by atoms with Crippen molar-refractivity contribution in [2.24, 2.45) is 0 Å². The second-order valence-electron chi connectivity index (χ2n) is 14.4. The highest BCUT2D eigenvalue weighted by molar-refractivity contribution is 7.11. The van der Waals surface area contributed by atoms with E-state index in [9.17, 15) is 0 Å². The predicted octanol–water partition coefficient (Wildman–Crippen LogP) is 8.57. The van der Waals surface area contributed by atoms with Crippen molar-refractivity contribution in [2.45, 2.75) is 23.4 Å². The molecule has 0 N–H and O–H groups in total. The van der Waals surface area contributed by atoms with Crippen molar-refractivity contribution in [3.05, 3.63) is 167 Å². The maximum Gasteiger partial charge on any atom is 0.489 e. The molecule has 0 aromatic heterocycles. The van der Waals surface area contributed by atoms with Crippen LogP contribution in [0.1, 0.15) is 45.6 Å². The Labute approximate surface area is 362 Å². The van der Waals surface area contributed by atoms with Crippen molar-refractivity contribution >= 4 is 14.0 Å². The summed E-state index contributed by atoms with van der Waals surface area (Å²) in [7, 11) is 10.2. The number of hydrogen-bond donors (Lipinski definition) is 0. The minimum atomic E-state index is -1.62. The molecule has 6 aromatic rings. The third kappa shape index (κ3) is 6.83. The summed E-state index contributed by atoms with van der Waals surface area (Å²) in [5, 5.41) is 0. The molecule has 6 aromatic carbocycles. The molecule has 62 heavy (non-hydrogen) atoms. The van der Waals surface area contributed by atoms with Crippen LogP contribution in [0.5, 0.6) is 46.0 Å². The Bertz CT molecular complexity index is 2110. The molecule has 318 valence electrons. The second kappa shape index (κ2) is 18.0. The topological polar surface area (TPSA) is 111 Å². The molecule has 0 amide bonds. The van der Waals surface area contributed by atoms with Crippen LogP contribution in [0.15, 0.2) is 133 Å². The zero-order valence-electron chi connectivity index (χ0n) is 35.9. The summed E-state index contributed by atoms with van der Waals surface area (Å²) in [5.41, 5.74) is 0.363. The monoisotopic (exact) mass is 838 g/mol. The molecule has 0 aliphatic carbocycles. The molecule has 2 fully saturated rings. The zero-order chi connectivity index (χ0) is 43.4. The molecule has 0 bridgehead atoms. The van der Waals surface area contributed by atoms with Crippen LogP contribution >= 0.6 is 0 Å². The smallest absolute Gasteiger partial charge is 0.489 e. The van der Waals surface area contributed by atoms with Gasteiger partial charge in [-0.25, -0.2) is 0 Å². The van der Waals surface area contributed by atoms with Crippen molar-refractivity contribution in [2.75, 3.05) is 56.9 Å². The molecule has 2 saturated heterocycles. The molecule has 2 atom stereocenters. The Hall–Kier alpha value is -6.31. The average molecular weight is 839 g/mol. The quantitative estimate of drug-likeness (QED) is 0.0925. The largest absolute Gasteiger partial charge is 0.496 e. The first-order valence-corrected chi connectivity index (χ1v) is 20.0. The van der Waals surface area contributed by atoms with Gasteiger partial charge in [0.1, 0.15) is 69.4 Å². The van der Waals surface area contributed by atoms with Crippen molar-refractivity contribution < 1.29 is 56.5 Å². The highest BCUT2D eigenvalue weighted by Gasteiger charge is 2.69. The van der Waals surface area contributed by atoms with E-state index in [2.05, 4.69) is 0 Å². The van der Waals surface area contributed by atoms with E-state index in [1.54, 1.807) is 56.9 Å². The van der Waals surface area contributed by atoms with Crippen molar-refractivity contribution in [3.8, 4) is 46.0 Å². The molecular weight excluding hydrogens is 790 g/mol. The fourth-order valence-electron chi connectivity index (χ4n) is 9.01. The molecule has 2 aliphatic heterocycles. The van der Waals surface area contributed by atoms with Gasteiger partial charge in [0.15, 0.2) is 0 Å². The predicted molar refractivity (Wildman–Crippen MR) is 234 cm³/mol. The molecule has 0 spiro atoms. The van der Waals surface area contributed by atoms with Crippen LogP contribution in [-0.2, 0) is 29.8 Å². The minimum absolute atomic E-state index is 0.463. The van der Waals surface area contributed by atoms with E-state index in [-0.39, 0.29) is 0 Å². The fraction of sp³-hybridized carbons (Fsp3) is 0.250. The molecule has 0 saturated carbocycles. The van der Waals surface area contributed by atoms with E-state index in [0.717, 1.165) is 11.1 Å². The van der Waals surface area contributed by atoms with Gasteiger partial charge in [-0.2, -0.15) is 0 Å². The van der Waals surface area contributed by atoms with E-state index in [1.165, 1.54) is 0 Å². The third-order valence-corrected chi connectivity index (χ3v) is 11.5. The van der Waals surface area contributed by atoms with E-state index in [4.69, 9.17) is 56.5 Å². The summed E-state index contributed by atoms with van der Waals surface area (Å²) >= 11 is 0. The van der Waals surface area contributed by atoms with Gasteiger partial charge >= 0.3 is 14.0 Å². The number of hydrogen-bond acceptors (Lipinski definition) is 12. The molecule has 8 rings (SSSR count). The number of methoxy groups -OCH3 is 8. The standard InChI is InChI=1S/C48H48B2O12/c1-51-33-23-15-24-34(52-2)41(33)47(42-35(53-3)25-16-26-36(42)54-4)45(31-19-11-9-12-20-31)59-49(61-47)50-60-46(32-21-13-10-14-22-32)48(62-50,43-37(55-5)27-17-28-38(43)56-6)44-39(57-7)29-18-30-40(44)58-8/h9-30,45-46H,1-8H3/t45-,46-/m0/s1. The van der Waals surface area contributed by atoms with E-state index in [1.807, 2.05) is 133 Å². The van der Waals surface area contributed by atoms with Gasteiger partial charge in [-0.05, 0) is 59.7 Å². The zero-order valence-corrected chi connectivity index (χ0v) is 35.9. The van der Waals surface area contributed by atoms with Gasteiger partial charge in [0.05, 0.1) is 79.1 Å². The molecule has 0 unspecified atom stereocenters. The van der Waals surface area contributed by atoms with Crippen LogP contribution in [0.3, 0.4) is 0 Å². The van der Waals surface area contributed by atoms with E-state index in [0.29, 0.717) is 68.2 Å². The van der Waals surface area contributed by atoms with Gasteiger partial charge in [-0.1, -0.05) is 84.9 Å². The summed E-state index contributed by atoms with van der Waals surface area (Å²) in [5.74, 6) is 3.70. The molecule has 0 radical (unpaired) electrons. The van der Waals surface area contributed by atoms with Crippen LogP contribution in [0.2, 0.25) is 0 Å². The highest BCUT2D eigenvalue weighted by atomic mass is 16.7. The van der Waals surface area contributed by atoms with Gasteiger partial charge < -0.3 is 56.5 Å². The lowest BCUT2D eigenvalue weighted by Crippen LogP contribution is -2.44. The highest BCUT2D eigenvalue weighted by Crippen LogP contribution is 2.64. The normalized spacial score (nSPS) is 17.6. The van der Waals surface area contributed by atoms with Crippen LogP contribution in [0.4, 0.5) is 0 Å². The summed E-state index contributed by atoms with van der Waals surface area (Å²) in [6, 6.07) is 41.7. The van der Waals surface area contributed by atoms with Gasteiger partial charge in [0, 0.05) is 0 Å². The average Bonchev–Trinajstić information content (AvgIpc) is 3.94. The van der Waals surface area contributed by atoms with Crippen molar-refractivity contribution in [1.82, 2.24) is 0 Å².